The lowest BCUT2D eigenvalue weighted by Gasteiger charge is -2.11. The van der Waals surface area contributed by atoms with Gasteiger partial charge < -0.3 is 9.26 Å². The van der Waals surface area contributed by atoms with Crippen molar-refractivity contribution in [1.29, 1.82) is 0 Å². The fourth-order valence-electron chi connectivity index (χ4n) is 1.96. The van der Waals surface area contributed by atoms with Crippen LogP contribution in [0.1, 0.15) is 24.5 Å². The van der Waals surface area contributed by atoms with E-state index in [1.54, 1.807) is 18.5 Å². The van der Waals surface area contributed by atoms with E-state index in [9.17, 15) is 0 Å². The number of halogens is 1. The summed E-state index contributed by atoms with van der Waals surface area (Å²) in [6.07, 6.45) is 3.01. The van der Waals surface area contributed by atoms with E-state index in [2.05, 4.69) is 15.1 Å². The van der Waals surface area contributed by atoms with Crippen LogP contribution in [0.5, 0.6) is 5.75 Å². The molecule has 0 aliphatic heterocycles. The third-order valence-corrected chi connectivity index (χ3v) is 3.59. The zero-order valence-electron chi connectivity index (χ0n) is 12.2. The van der Waals surface area contributed by atoms with E-state index in [0.717, 1.165) is 11.1 Å². The van der Waals surface area contributed by atoms with Crippen LogP contribution in [0.4, 0.5) is 0 Å². The molecule has 3 rings (SSSR count). The number of hydrogen-bond acceptors (Lipinski definition) is 5. The number of aryl methyl sites for hydroxylation is 1. The van der Waals surface area contributed by atoms with Crippen LogP contribution < -0.4 is 4.74 Å². The number of aromatic nitrogens is 3. The molecule has 0 aliphatic carbocycles. The maximum absolute atomic E-state index is 6.00. The summed E-state index contributed by atoms with van der Waals surface area (Å²) in [4.78, 5) is 8.32. The third kappa shape index (κ3) is 3.09. The summed E-state index contributed by atoms with van der Waals surface area (Å²) < 4.78 is 11.1. The van der Waals surface area contributed by atoms with Gasteiger partial charge in [0, 0.05) is 23.0 Å². The molecular weight excluding hydrogens is 302 g/mol. The summed E-state index contributed by atoms with van der Waals surface area (Å²) in [5.41, 5.74) is 1.80. The average molecular weight is 316 g/mol. The summed E-state index contributed by atoms with van der Waals surface area (Å²) in [6, 6.07) is 9.13. The summed E-state index contributed by atoms with van der Waals surface area (Å²) in [5, 5.41) is 4.67. The van der Waals surface area contributed by atoms with Gasteiger partial charge in [0.05, 0.1) is 0 Å². The fraction of sp³-hybridized carbons (Fsp3) is 0.188. The molecule has 1 atom stereocenters. The van der Waals surface area contributed by atoms with E-state index in [4.69, 9.17) is 20.9 Å². The minimum atomic E-state index is -0.358. The average Bonchev–Trinajstić information content (AvgIpc) is 3.02. The SMILES string of the molecule is Cc1cc(OC(C)c2nc(-c3ccncc3)no2)ccc1Cl. The predicted octanol–water partition coefficient (Wildman–Crippen LogP) is 4.23. The topological polar surface area (TPSA) is 61.0 Å². The van der Waals surface area contributed by atoms with Gasteiger partial charge in [-0.15, -0.1) is 0 Å². The highest BCUT2D eigenvalue weighted by Gasteiger charge is 2.17. The Hall–Kier alpha value is -2.40. The van der Waals surface area contributed by atoms with Crippen LogP contribution in [0.3, 0.4) is 0 Å². The first-order chi connectivity index (χ1) is 10.6. The Morgan fingerprint density at radius 2 is 1.95 bits per heavy atom. The van der Waals surface area contributed by atoms with Crippen molar-refractivity contribution in [2.24, 2.45) is 0 Å². The quantitative estimate of drug-likeness (QED) is 0.721. The summed E-state index contributed by atoms with van der Waals surface area (Å²) in [7, 11) is 0. The third-order valence-electron chi connectivity index (χ3n) is 3.17. The van der Waals surface area contributed by atoms with E-state index < -0.39 is 0 Å². The largest absolute Gasteiger partial charge is 0.481 e. The van der Waals surface area contributed by atoms with Gasteiger partial charge in [0.15, 0.2) is 6.10 Å². The van der Waals surface area contributed by atoms with Gasteiger partial charge in [-0.05, 0) is 49.7 Å². The lowest BCUT2D eigenvalue weighted by atomic mass is 10.2. The number of nitrogens with zero attached hydrogens (tertiary/aromatic N) is 3. The van der Waals surface area contributed by atoms with E-state index >= 15 is 0 Å². The molecule has 0 amide bonds. The lowest BCUT2D eigenvalue weighted by Crippen LogP contribution is -2.03. The van der Waals surface area contributed by atoms with E-state index in [1.807, 2.05) is 38.1 Å². The normalized spacial score (nSPS) is 12.1. The van der Waals surface area contributed by atoms with Crippen LogP contribution in [-0.2, 0) is 0 Å². The fourth-order valence-corrected chi connectivity index (χ4v) is 2.08. The molecule has 5 nitrogen and oxygen atoms in total. The van der Waals surface area contributed by atoms with Crippen LogP contribution >= 0.6 is 11.6 Å². The molecule has 0 radical (unpaired) electrons. The molecule has 1 unspecified atom stereocenters. The molecule has 6 heteroatoms. The Balaban J connectivity index is 1.77. The second-order valence-electron chi connectivity index (χ2n) is 4.86. The maximum atomic E-state index is 6.00. The zero-order valence-corrected chi connectivity index (χ0v) is 12.9. The summed E-state index contributed by atoms with van der Waals surface area (Å²) in [5.74, 6) is 1.64. The molecule has 0 saturated heterocycles. The van der Waals surface area contributed by atoms with Crippen molar-refractivity contribution in [3.8, 4) is 17.1 Å². The van der Waals surface area contributed by atoms with Gasteiger partial charge in [-0.1, -0.05) is 16.8 Å². The van der Waals surface area contributed by atoms with Crippen molar-refractivity contribution in [1.82, 2.24) is 15.1 Å². The molecule has 3 aromatic rings. The number of hydrogen-bond donors (Lipinski definition) is 0. The monoisotopic (exact) mass is 315 g/mol. The van der Waals surface area contributed by atoms with Gasteiger partial charge in [-0.3, -0.25) is 4.98 Å². The Morgan fingerprint density at radius 3 is 2.68 bits per heavy atom. The van der Waals surface area contributed by atoms with E-state index in [0.29, 0.717) is 22.5 Å². The first kappa shape index (κ1) is 14.5. The van der Waals surface area contributed by atoms with Crippen molar-refractivity contribution in [2.75, 3.05) is 0 Å². The van der Waals surface area contributed by atoms with Crippen LogP contribution in [0.15, 0.2) is 47.2 Å². The second-order valence-corrected chi connectivity index (χ2v) is 5.27. The van der Waals surface area contributed by atoms with Gasteiger partial charge in [-0.2, -0.15) is 4.98 Å². The standard InChI is InChI=1S/C16H14ClN3O2/c1-10-9-13(3-4-14(10)17)21-11(2)16-19-15(20-22-16)12-5-7-18-8-6-12/h3-9,11H,1-2H3. The smallest absolute Gasteiger partial charge is 0.267 e. The van der Waals surface area contributed by atoms with Gasteiger partial charge in [0.25, 0.3) is 5.89 Å². The Bertz CT molecular complexity index is 774. The van der Waals surface area contributed by atoms with E-state index in [1.165, 1.54) is 0 Å². The first-order valence-electron chi connectivity index (χ1n) is 6.80. The maximum Gasteiger partial charge on any atom is 0.267 e. The second kappa shape index (κ2) is 6.15. The number of benzene rings is 1. The van der Waals surface area contributed by atoms with Gasteiger partial charge in [0.1, 0.15) is 5.75 Å². The molecule has 0 N–H and O–H groups in total. The molecular formula is C16H14ClN3O2. The molecule has 2 aromatic heterocycles. The minimum Gasteiger partial charge on any atom is -0.481 e. The first-order valence-corrected chi connectivity index (χ1v) is 7.18. The van der Waals surface area contributed by atoms with Crippen molar-refractivity contribution in [3.63, 3.8) is 0 Å². The molecule has 0 aliphatic rings. The van der Waals surface area contributed by atoms with Crippen molar-refractivity contribution in [2.45, 2.75) is 20.0 Å². The Labute approximate surface area is 132 Å². The van der Waals surface area contributed by atoms with Crippen LogP contribution in [-0.4, -0.2) is 15.1 Å². The molecule has 2 heterocycles. The van der Waals surface area contributed by atoms with E-state index in [-0.39, 0.29) is 6.10 Å². The highest BCUT2D eigenvalue weighted by atomic mass is 35.5. The van der Waals surface area contributed by atoms with Gasteiger partial charge in [-0.25, -0.2) is 0 Å². The highest BCUT2D eigenvalue weighted by Crippen LogP contribution is 2.26. The molecule has 0 spiro atoms. The van der Waals surface area contributed by atoms with Crippen molar-refractivity contribution >= 4 is 11.6 Å². The van der Waals surface area contributed by atoms with Gasteiger partial charge >= 0.3 is 0 Å². The molecule has 22 heavy (non-hydrogen) atoms. The van der Waals surface area contributed by atoms with Crippen LogP contribution in [0.25, 0.3) is 11.4 Å². The van der Waals surface area contributed by atoms with Crippen molar-refractivity contribution < 1.29 is 9.26 Å². The lowest BCUT2D eigenvalue weighted by molar-refractivity contribution is 0.175. The number of pyridine rings is 1. The van der Waals surface area contributed by atoms with Crippen LogP contribution in [0, 0.1) is 6.92 Å². The highest BCUT2D eigenvalue weighted by molar-refractivity contribution is 6.31. The predicted molar refractivity (Wildman–Crippen MR) is 82.8 cm³/mol. The van der Waals surface area contributed by atoms with Crippen molar-refractivity contribution in [3.05, 3.63) is 59.2 Å². The van der Waals surface area contributed by atoms with Gasteiger partial charge in [0.2, 0.25) is 5.82 Å². The van der Waals surface area contributed by atoms with Crippen LogP contribution in [0.2, 0.25) is 5.02 Å². The zero-order chi connectivity index (χ0) is 15.5. The molecule has 1 aromatic carbocycles. The number of ether oxygens (including phenoxy) is 1. The molecule has 0 bridgehead atoms. The minimum absolute atomic E-state index is 0.358. The summed E-state index contributed by atoms with van der Waals surface area (Å²) in [6.45, 7) is 3.78. The molecule has 112 valence electrons. The Kier molecular flexibility index (Phi) is 4.06. The molecule has 0 saturated carbocycles. The number of rotatable bonds is 4. The molecule has 0 fully saturated rings. The summed E-state index contributed by atoms with van der Waals surface area (Å²) >= 11 is 6.00. The Morgan fingerprint density at radius 1 is 1.18 bits per heavy atom.